The largest absolute Gasteiger partial charge is 0.496 e. The molecular weight excluding hydrogens is 238 g/mol. The van der Waals surface area contributed by atoms with E-state index in [4.69, 9.17) is 4.74 Å². The molecule has 1 N–H and O–H groups in total. The second-order valence-electron chi connectivity index (χ2n) is 5.38. The summed E-state index contributed by atoms with van der Waals surface area (Å²) < 4.78 is 5.28. The van der Waals surface area contributed by atoms with Crippen molar-refractivity contribution in [1.82, 2.24) is 5.32 Å². The van der Waals surface area contributed by atoms with Crippen LogP contribution in [0.3, 0.4) is 0 Å². The van der Waals surface area contributed by atoms with E-state index in [9.17, 15) is 4.79 Å². The van der Waals surface area contributed by atoms with Crippen molar-refractivity contribution >= 4 is 5.78 Å². The number of methoxy groups -OCH3 is 1. The maximum atomic E-state index is 12.3. The van der Waals surface area contributed by atoms with Crippen molar-refractivity contribution in [2.24, 2.45) is 5.92 Å². The van der Waals surface area contributed by atoms with Crippen molar-refractivity contribution in [3.63, 3.8) is 0 Å². The van der Waals surface area contributed by atoms with Gasteiger partial charge in [0.15, 0.2) is 5.78 Å². The van der Waals surface area contributed by atoms with Gasteiger partial charge >= 0.3 is 0 Å². The first kappa shape index (κ1) is 14.1. The van der Waals surface area contributed by atoms with Gasteiger partial charge in [-0.05, 0) is 57.3 Å². The molecule has 19 heavy (non-hydrogen) atoms. The van der Waals surface area contributed by atoms with Gasteiger partial charge in [-0.25, -0.2) is 0 Å². The number of benzene rings is 1. The summed E-state index contributed by atoms with van der Waals surface area (Å²) in [5, 5.41) is 3.39. The van der Waals surface area contributed by atoms with Gasteiger partial charge in [-0.3, -0.25) is 4.79 Å². The Balaban J connectivity index is 1.97. The maximum absolute atomic E-state index is 12.3. The Labute approximate surface area is 115 Å². The van der Waals surface area contributed by atoms with E-state index in [2.05, 4.69) is 5.32 Å². The van der Waals surface area contributed by atoms with Crippen LogP contribution in [0.15, 0.2) is 18.2 Å². The van der Waals surface area contributed by atoms with Crippen molar-refractivity contribution in [3.05, 3.63) is 29.3 Å². The highest BCUT2D eigenvalue weighted by Crippen LogP contribution is 2.23. The standard InChI is InChI=1S/C16H23NO2/c1-12-5-8-16(19-2)14(10-12)15(18)7-6-13-4-3-9-17-11-13/h5,8,10,13,17H,3-4,6-7,9,11H2,1-2H3. The monoisotopic (exact) mass is 261 g/mol. The molecule has 3 heteroatoms. The summed E-state index contributed by atoms with van der Waals surface area (Å²) in [5.41, 5.74) is 1.83. The van der Waals surface area contributed by atoms with Crippen LogP contribution in [0.5, 0.6) is 5.75 Å². The number of piperidine rings is 1. The topological polar surface area (TPSA) is 38.3 Å². The van der Waals surface area contributed by atoms with E-state index in [1.54, 1.807) is 7.11 Å². The van der Waals surface area contributed by atoms with Crippen molar-refractivity contribution in [2.45, 2.75) is 32.6 Å². The SMILES string of the molecule is COc1ccc(C)cc1C(=O)CCC1CCCNC1. The van der Waals surface area contributed by atoms with E-state index < -0.39 is 0 Å². The van der Waals surface area contributed by atoms with Crippen LogP contribution in [0.25, 0.3) is 0 Å². The zero-order valence-corrected chi connectivity index (χ0v) is 11.9. The number of hydrogen-bond donors (Lipinski definition) is 1. The molecule has 1 saturated heterocycles. The predicted molar refractivity (Wildman–Crippen MR) is 76.9 cm³/mol. The summed E-state index contributed by atoms with van der Waals surface area (Å²) in [4.78, 5) is 12.3. The number of carbonyl (C=O) groups is 1. The third-order valence-corrected chi connectivity index (χ3v) is 3.83. The van der Waals surface area contributed by atoms with Crippen molar-refractivity contribution in [1.29, 1.82) is 0 Å². The third-order valence-electron chi connectivity index (χ3n) is 3.83. The van der Waals surface area contributed by atoms with E-state index in [-0.39, 0.29) is 5.78 Å². The van der Waals surface area contributed by atoms with Gasteiger partial charge in [-0.2, -0.15) is 0 Å². The predicted octanol–water partition coefficient (Wildman–Crippen LogP) is 2.97. The molecule has 1 fully saturated rings. The van der Waals surface area contributed by atoms with E-state index in [1.165, 1.54) is 12.8 Å². The summed E-state index contributed by atoms with van der Waals surface area (Å²) in [5.74, 6) is 1.54. The molecule has 0 radical (unpaired) electrons. The number of rotatable bonds is 5. The molecule has 0 aromatic heterocycles. The first-order chi connectivity index (χ1) is 9.20. The molecule has 0 aliphatic carbocycles. The second kappa shape index (κ2) is 6.71. The fraction of sp³-hybridized carbons (Fsp3) is 0.562. The molecule has 0 bridgehead atoms. The van der Waals surface area contributed by atoms with Crippen molar-refractivity contribution < 1.29 is 9.53 Å². The Morgan fingerprint density at radius 1 is 1.47 bits per heavy atom. The molecule has 1 aromatic carbocycles. The van der Waals surface area contributed by atoms with Crippen LogP contribution < -0.4 is 10.1 Å². The van der Waals surface area contributed by atoms with Gasteiger partial charge in [0.2, 0.25) is 0 Å². The van der Waals surface area contributed by atoms with Crippen LogP contribution in [0, 0.1) is 12.8 Å². The molecule has 1 unspecified atom stereocenters. The number of ketones is 1. The highest BCUT2D eigenvalue weighted by atomic mass is 16.5. The molecule has 2 rings (SSSR count). The number of aryl methyl sites for hydroxylation is 1. The zero-order valence-electron chi connectivity index (χ0n) is 11.9. The second-order valence-corrected chi connectivity index (χ2v) is 5.38. The lowest BCUT2D eigenvalue weighted by Crippen LogP contribution is -2.30. The van der Waals surface area contributed by atoms with Gasteiger partial charge in [0.25, 0.3) is 0 Å². The minimum Gasteiger partial charge on any atom is -0.496 e. The van der Waals surface area contributed by atoms with Gasteiger partial charge in [0.1, 0.15) is 5.75 Å². The first-order valence-corrected chi connectivity index (χ1v) is 7.09. The Kier molecular flexibility index (Phi) is 4.97. The molecule has 1 aliphatic rings. The van der Waals surface area contributed by atoms with Crippen molar-refractivity contribution in [2.75, 3.05) is 20.2 Å². The summed E-state index contributed by atoms with van der Waals surface area (Å²) >= 11 is 0. The van der Waals surface area contributed by atoms with Crippen LogP contribution in [-0.2, 0) is 0 Å². The molecule has 0 spiro atoms. The van der Waals surface area contributed by atoms with Crippen molar-refractivity contribution in [3.8, 4) is 5.75 Å². The molecule has 0 amide bonds. The molecule has 1 aliphatic heterocycles. The molecule has 1 aromatic rings. The Bertz CT molecular complexity index is 436. The smallest absolute Gasteiger partial charge is 0.166 e. The highest BCUT2D eigenvalue weighted by molar-refractivity contribution is 5.98. The first-order valence-electron chi connectivity index (χ1n) is 7.09. The van der Waals surface area contributed by atoms with Crippen LogP contribution in [-0.4, -0.2) is 26.0 Å². The number of carbonyl (C=O) groups excluding carboxylic acids is 1. The van der Waals surface area contributed by atoms with E-state index in [0.29, 0.717) is 18.1 Å². The lowest BCUT2D eigenvalue weighted by molar-refractivity contribution is 0.0968. The van der Waals surface area contributed by atoms with E-state index in [1.807, 2.05) is 25.1 Å². The number of nitrogens with one attached hydrogen (secondary N) is 1. The van der Waals surface area contributed by atoms with Gasteiger partial charge < -0.3 is 10.1 Å². The minimum absolute atomic E-state index is 0.200. The molecular formula is C16H23NO2. The molecule has 3 nitrogen and oxygen atoms in total. The zero-order chi connectivity index (χ0) is 13.7. The molecule has 104 valence electrons. The third kappa shape index (κ3) is 3.80. The van der Waals surface area contributed by atoms with Gasteiger partial charge in [0.05, 0.1) is 12.7 Å². The normalized spacial score (nSPS) is 19.2. The van der Waals surface area contributed by atoms with Gasteiger partial charge in [-0.15, -0.1) is 0 Å². The summed E-state index contributed by atoms with van der Waals surface area (Å²) in [6.45, 7) is 4.18. The summed E-state index contributed by atoms with van der Waals surface area (Å²) in [6, 6.07) is 5.78. The fourth-order valence-electron chi connectivity index (χ4n) is 2.68. The number of Topliss-reactive ketones (excluding diaryl/α,β-unsaturated/α-hetero) is 1. The van der Waals surface area contributed by atoms with E-state index >= 15 is 0 Å². The van der Waals surface area contributed by atoms with Gasteiger partial charge in [-0.1, -0.05) is 11.6 Å². The average Bonchev–Trinajstić information content (AvgIpc) is 2.46. The quantitative estimate of drug-likeness (QED) is 0.828. The minimum atomic E-state index is 0.200. The fourth-order valence-corrected chi connectivity index (χ4v) is 2.68. The lowest BCUT2D eigenvalue weighted by Gasteiger charge is -2.22. The Morgan fingerprint density at radius 2 is 2.32 bits per heavy atom. The Morgan fingerprint density at radius 3 is 3.00 bits per heavy atom. The molecule has 0 saturated carbocycles. The summed E-state index contributed by atoms with van der Waals surface area (Å²) in [7, 11) is 1.62. The highest BCUT2D eigenvalue weighted by Gasteiger charge is 2.17. The maximum Gasteiger partial charge on any atom is 0.166 e. The van der Waals surface area contributed by atoms with E-state index in [0.717, 1.165) is 30.6 Å². The molecule has 1 atom stereocenters. The Hall–Kier alpha value is -1.35. The lowest BCUT2D eigenvalue weighted by atomic mass is 9.92. The number of ether oxygens (including phenoxy) is 1. The average molecular weight is 261 g/mol. The van der Waals surface area contributed by atoms with Crippen LogP contribution in [0.4, 0.5) is 0 Å². The summed E-state index contributed by atoms with van der Waals surface area (Å²) in [6.07, 6.45) is 4.06. The van der Waals surface area contributed by atoms with Gasteiger partial charge in [0, 0.05) is 6.42 Å². The van der Waals surface area contributed by atoms with Crippen LogP contribution in [0.2, 0.25) is 0 Å². The van der Waals surface area contributed by atoms with Crippen LogP contribution in [0.1, 0.15) is 41.6 Å². The number of hydrogen-bond acceptors (Lipinski definition) is 3. The van der Waals surface area contributed by atoms with Crippen LogP contribution >= 0.6 is 0 Å². The molecule has 1 heterocycles.